The SMILES string of the molecule is C=CCCOc1cc(C)cc(C(=O)NC2(C#N)CCN(C(=O)OC(C)(C)C)CC2)c1. The fourth-order valence-corrected chi connectivity index (χ4v) is 3.17. The summed E-state index contributed by atoms with van der Waals surface area (Å²) in [7, 11) is 0. The molecule has 1 N–H and O–H groups in total. The summed E-state index contributed by atoms with van der Waals surface area (Å²) < 4.78 is 11.1. The molecule has 0 bridgehead atoms. The second-order valence-electron chi connectivity index (χ2n) is 8.58. The van der Waals surface area contributed by atoms with Crippen molar-refractivity contribution in [1.29, 1.82) is 5.26 Å². The van der Waals surface area contributed by atoms with Gasteiger partial charge in [0, 0.05) is 31.5 Å². The van der Waals surface area contributed by atoms with E-state index in [2.05, 4.69) is 18.0 Å². The highest BCUT2D eigenvalue weighted by Crippen LogP contribution is 2.25. The predicted octanol–water partition coefficient (Wildman–Crippen LogP) is 3.97. The molecule has 30 heavy (non-hydrogen) atoms. The molecule has 0 unspecified atom stereocenters. The van der Waals surface area contributed by atoms with Crippen molar-refractivity contribution in [3.63, 3.8) is 0 Å². The first-order valence-corrected chi connectivity index (χ1v) is 10.1. The Morgan fingerprint density at radius 3 is 2.53 bits per heavy atom. The summed E-state index contributed by atoms with van der Waals surface area (Å²) in [4.78, 5) is 26.7. The van der Waals surface area contributed by atoms with Crippen LogP contribution in [-0.2, 0) is 4.74 Å². The number of likely N-dealkylation sites (tertiary alicyclic amines) is 1. The number of piperidine rings is 1. The molecule has 2 amide bonds. The molecule has 7 nitrogen and oxygen atoms in total. The molecule has 0 radical (unpaired) electrons. The predicted molar refractivity (Wildman–Crippen MR) is 114 cm³/mol. The van der Waals surface area contributed by atoms with Gasteiger partial charge in [-0.1, -0.05) is 6.08 Å². The van der Waals surface area contributed by atoms with Gasteiger partial charge < -0.3 is 19.7 Å². The summed E-state index contributed by atoms with van der Waals surface area (Å²) in [5.74, 6) is 0.271. The third-order valence-corrected chi connectivity index (χ3v) is 4.74. The smallest absolute Gasteiger partial charge is 0.410 e. The highest BCUT2D eigenvalue weighted by atomic mass is 16.6. The van der Waals surface area contributed by atoms with Crippen molar-refractivity contribution in [2.75, 3.05) is 19.7 Å². The van der Waals surface area contributed by atoms with Crippen LogP contribution in [0, 0.1) is 18.3 Å². The van der Waals surface area contributed by atoms with Crippen LogP contribution in [0.5, 0.6) is 5.75 Å². The molecule has 0 aliphatic carbocycles. The minimum atomic E-state index is -1.02. The van der Waals surface area contributed by atoms with Gasteiger partial charge in [-0.15, -0.1) is 6.58 Å². The van der Waals surface area contributed by atoms with E-state index in [-0.39, 0.29) is 5.91 Å². The number of benzene rings is 1. The maximum atomic E-state index is 12.9. The van der Waals surface area contributed by atoms with Crippen molar-refractivity contribution >= 4 is 12.0 Å². The molecule has 0 spiro atoms. The molecule has 1 saturated heterocycles. The second kappa shape index (κ2) is 9.66. The minimum Gasteiger partial charge on any atom is -0.493 e. The van der Waals surface area contributed by atoms with E-state index in [1.807, 2.05) is 33.8 Å². The van der Waals surface area contributed by atoms with Gasteiger partial charge in [0.25, 0.3) is 5.91 Å². The molecule has 2 rings (SSSR count). The van der Waals surface area contributed by atoms with E-state index < -0.39 is 17.2 Å². The molecule has 1 fully saturated rings. The Bertz CT molecular complexity index is 828. The number of rotatable bonds is 6. The van der Waals surface area contributed by atoms with Crippen LogP contribution in [0.25, 0.3) is 0 Å². The van der Waals surface area contributed by atoms with Gasteiger partial charge in [-0.3, -0.25) is 4.79 Å². The van der Waals surface area contributed by atoms with Crippen LogP contribution in [-0.4, -0.2) is 47.7 Å². The zero-order valence-electron chi connectivity index (χ0n) is 18.3. The van der Waals surface area contributed by atoms with Gasteiger partial charge in [0.05, 0.1) is 12.7 Å². The molecule has 0 aromatic heterocycles. The molecule has 1 aliphatic heterocycles. The zero-order chi connectivity index (χ0) is 22.4. The Labute approximate surface area is 178 Å². The topological polar surface area (TPSA) is 91.7 Å². The van der Waals surface area contributed by atoms with Gasteiger partial charge in [0.2, 0.25) is 0 Å². The quantitative estimate of drug-likeness (QED) is 0.563. The first-order chi connectivity index (χ1) is 14.1. The van der Waals surface area contributed by atoms with Gasteiger partial charge in [-0.25, -0.2) is 4.79 Å². The average Bonchev–Trinajstić information content (AvgIpc) is 2.67. The first-order valence-electron chi connectivity index (χ1n) is 10.1. The van der Waals surface area contributed by atoms with Crippen molar-refractivity contribution in [3.05, 3.63) is 42.0 Å². The molecular weight excluding hydrogens is 382 g/mol. The van der Waals surface area contributed by atoms with Crippen LogP contribution in [0.2, 0.25) is 0 Å². The summed E-state index contributed by atoms with van der Waals surface area (Å²) >= 11 is 0. The monoisotopic (exact) mass is 413 g/mol. The van der Waals surface area contributed by atoms with Gasteiger partial charge in [-0.2, -0.15) is 5.26 Å². The third kappa shape index (κ3) is 6.51. The molecule has 1 aliphatic rings. The van der Waals surface area contributed by atoms with Gasteiger partial charge in [-0.05, 0) is 57.9 Å². The lowest BCUT2D eigenvalue weighted by Crippen LogP contribution is -2.55. The maximum absolute atomic E-state index is 12.9. The second-order valence-corrected chi connectivity index (χ2v) is 8.58. The third-order valence-electron chi connectivity index (χ3n) is 4.74. The number of amides is 2. The van der Waals surface area contributed by atoms with Crippen LogP contribution in [0.1, 0.15) is 56.0 Å². The Hall–Kier alpha value is -3.01. The maximum Gasteiger partial charge on any atom is 0.410 e. The first kappa shape index (κ1) is 23.3. The van der Waals surface area contributed by atoms with E-state index in [0.717, 1.165) is 5.56 Å². The fourth-order valence-electron chi connectivity index (χ4n) is 3.17. The Morgan fingerprint density at radius 2 is 1.97 bits per heavy atom. The molecule has 0 saturated carbocycles. The van der Waals surface area contributed by atoms with Crippen molar-refractivity contribution in [3.8, 4) is 11.8 Å². The minimum absolute atomic E-state index is 0.334. The lowest BCUT2D eigenvalue weighted by molar-refractivity contribution is 0.0176. The van der Waals surface area contributed by atoms with E-state index in [1.165, 1.54) is 0 Å². The van der Waals surface area contributed by atoms with Gasteiger partial charge in [0.15, 0.2) is 0 Å². The fraction of sp³-hybridized carbons (Fsp3) is 0.522. The molecule has 0 atom stereocenters. The number of ether oxygens (including phenoxy) is 2. The van der Waals surface area contributed by atoms with E-state index in [0.29, 0.717) is 50.3 Å². The molecular formula is C23H31N3O4. The number of aryl methyl sites for hydroxylation is 1. The zero-order valence-corrected chi connectivity index (χ0v) is 18.3. The average molecular weight is 414 g/mol. The molecule has 1 heterocycles. The van der Waals surface area contributed by atoms with Crippen LogP contribution >= 0.6 is 0 Å². The van der Waals surface area contributed by atoms with Crippen LogP contribution < -0.4 is 10.1 Å². The number of nitrogens with zero attached hydrogens (tertiary/aromatic N) is 2. The number of carbonyl (C=O) groups is 2. The lowest BCUT2D eigenvalue weighted by atomic mass is 9.88. The highest BCUT2D eigenvalue weighted by molar-refractivity contribution is 5.95. The van der Waals surface area contributed by atoms with Crippen molar-refractivity contribution in [2.24, 2.45) is 0 Å². The molecule has 162 valence electrons. The normalized spacial score (nSPS) is 15.6. The molecule has 1 aromatic carbocycles. The van der Waals surface area contributed by atoms with Crippen molar-refractivity contribution < 1.29 is 19.1 Å². The Kier molecular flexibility index (Phi) is 7.49. The Morgan fingerprint density at radius 1 is 1.30 bits per heavy atom. The number of carbonyl (C=O) groups excluding carboxylic acids is 2. The van der Waals surface area contributed by atoms with Crippen LogP contribution in [0.3, 0.4) is 0 Å². The standard InChI is InChI=1S/C23H31N3O4/c1-6-7-12-29-19-14-17(2)13-18(15-19)20(27)25-23(16-24)8-10-26(11-9-23)21(28)30-22(3,4)5/h6,13-15H,1,7-12H2,2-5H3,(H,25,27). The van der Waals surface area contributed by atoms with E-state index in [9.17, 15) is 14.9 Å². The van der Waals surface area contributed by atoms with Crippen molar-refractivity contribution in [1.82, 2.24) is 10.2 Å². The van der Waals surface area contributed by atoms with E-state index >= 15 is 0 Å². The Balaban J connectivity index is 2.04. The number of hydrogen-bond donors (Lipinski definition) is 1. The van der Waals surface area contributed by atoms with Crippen LogP contribution in [0.4, 0.5) is 4.79 Å². The summed E-state index contributed by atoms with van der Waals surface area (Å²) in [6.45, 7) is 12.1. The number of nitrogens with one attached hydrogen (secondary N) is 1. The van der Waals surface area contributed by atoms with Gasteiger partial charge >= 0.3 is 6.09 Å². The van der Waals surface area contributed by atoms with Crippen LogP contribution in [0.15, 0.2) is 30.9 Å². The summed E-state index contributed by atoms with van der Waals surface area (Å²) in [5.41, 5.74) is -0.274. The highest BCUT2D eigenvalue weighted by Gasteiger charge is 2.38. The van der Waals surface area contributed by atoms with Gasteiger partial charge in [0.1, 0.15) is 16.9 Å². The van der Waals surface area contributed by atoms with E-state index in [1.54, 1.807) is 23.1 Å². The van der Waals surface area contributed by atoms with Crippen molar-refractivity contribution in [2.45, 2.75) is 58.1 Å². The lowest BCUT2D eigenvalue weighted by Gasteiger charge is -2.38. The van der Waals surface area contributed by atoms with E-state index in [4.69, 9.17) is 9.47 Å². The number of hydrogen-bond acceptors (Lipinski definition) is 5. The molecule has 7 heteroatoms. The summed E-state index contributed by atoms with van der Waals surface area (Å²) in [6, 6.07) is 7.54. The summed E-state index contributed by atoms with van der Waals surface area (Å²) in [5, 5.41) is 12.6. The number of nitriles is 1. The largest absolute Gasteiger partial charge is 0.493 e. The molecule has 1 aromatic rings. The summed E-state index contributed by atoms with van der Waals surface area (Å²) in [6.07, 6.45) is 2.75.